The standard InChI is InChI=1S/C22H24N2O2/c1-2-14-3-5-16(6-4-14)19(13-17-9-12-21(25)23-17)20-11-10-18(15-7-8-15)22(26)24-20/h3-6,10-11,13,15,17H,2,7-9,12H2,1H3,(H,23,25)(H,24,26)/t17-/m1/s1. The molecule has 1 aromatic heterocycles. The lowest BCUT2D eigenvalue weighted by Crippen LogP contribution is -2.23. The van der Waals surface area contributed by atoms with Crippen molar-refractivity contribution in [3.05, 3.63) is 75.2 Å². The fourth-order valence-corrected chi connectivity index (χ4v) is 3.58. The van der Waals surface area contributed by atoms with Crippen molar-refractivity contribution in [2.75, 3.05) is 0 Å². The number of hydrogen-bond donors (Lipinski definition) is 2. The zero-order valence-corrected chi connectivity index (χ0v) is 15.0. The lowest BCUT2D eigenvalue weighted by atomic mass is 9.97. The Morgan fingerprint density at radius 3 is 2.42 bits per heavy atom. The molecule has 4 rings (SSSR count). The first-order chi connectivity index (χ1) is 12.6. The first-order valence-electron chi connectivity index (χ1n) is 9.48. The van der Waals surface area contributed by atoms with Gasteiger partial charge in [-0.05, 0) is 48.8 Å². The van der Waals surface area contributed by atoms with Crippen molar-refractivity contribution in [1.82, 2.24) is 10.3 Å². The maximum atomic E-state index is 12.5. The molecule has 2 aliphatic rings. The van der Waals surface area contributed by atoms with Gasteiger partial charge in [-0.25, -0.2) is 0 Å². The third-order valence-electron chi connectivity index (χ3n) is 5.32. The topological polar surface area (TPSA) is 62.0 Å². The molecule has 1 saturated heterocycles. The zero-order chi connectivity index (χ0) is 18.1. The van der Waals surface area contributed by atoms with Crippen molar-refractivity contribution in [3.63, 3.8) is 0 Å². The molecule has 2 fully saturated rings. The number of pyridine rings is 1. The van der Waals surface area contributed by atoms with Crippen LogP contribution in [0.2, 0.25) is 0 Å². The molecule has 1 amide bonds. The number of hydrogen-bond acceptors (Lipinski definition) is 2. The van der Waals surface area contributed by atoms with Crippen molar-refractivity contribution < 1.29 is 4.79 Å². The maximum absolute atomic E-state index is 12.5. The van der Waals surface area contributed by atoms with Gasteiger partial charge in [-0.2, -0.15) is 0 Å². The molecule has 2 N–H and O–H groups in total. The summed E-state index contributed by atoms with van der Waals surface area (Å²) in [6.45, 7) is 2.13. The van der Waals surface area contributed by atoms with Gasteiger partial charge in [0.05, 0.1) is 0 Å². The first-order valence-corrected chi connectivity index (χ1v) is 9.48. The van der Waals surface area contributed by atoms with Crippen LogP contribution in [-0.2, 0) is 11.2 Å². The Labute approximate surface area is 153 Å². The van der Waals surface area contributed by atoms with Gasteiger partial charge in [-0.1, -0.05) is 43.3 Å². The Morgan fingerprint density at radius 2 is 1.85 bits per heavy atom. The van der Waals surface area contributed by atoms with Crippen LogP contribution in [-0.4, -0.2) is 16.9 Å². The van der Waals surface area contributed by atoms with Crippen LogP contribution in [0.1, 0.15) is 60.9 Å². The van der Waals surface area contributed by atoms with Crippen LogP contribution in [0.25, 0.3) is 5.57 Å². The van der Waals surface area contributed by atoms with Gasteiger partial charge in [-0.3, -0.25) is 9.59 Å². The minimum Gasteiger partial charge on any atom is -0.350 e. The molecule has 4 nitrogen and oxygen atoms in total. The van der Waals surface area contributed by atoms with Crippen molar-refractivity contribution in [3.8, 4) is 0 Å². The normalized spacial score (nSPS) is 20.3. The quantitative estimate of drug-likeness (QED) is 0.868. The van der Waals surface area contributed by atoms with Crippen molar-refractivity contribution in [1.29, 1.82) is 0 Å². The highest BCUT2D eigenvalue weighted by atomic mass is 16.2. The van der Waals surface area contributed by atoms with Gasteiger partial charge in [-0.15, -0.1) is 0 Å². The Hall–Kier alpha value is -2.62. The number of rotatable bonds is 5. The van der Waals surface area contributed by atoms with E-state index in [1.54, 1.807) is 0 Å². The van der Waals surface area contributed by atoms with E-state index in [0.717, 1.165) is 48.1 Å². The molecule has 1 aromatic carbocycles. The number of aryl methyl sites for hydroxylation is 1. The summed E-state index contributed by atoms with van der Waals surface area (Å²) in [7, 11) is 0. The number of amides is 1. The number of carbonyl (C=O) groups is 1. The van der Waals surface area contributed by atoms with E-state index in [-0.39, 0.29) is 17.5 Å². The molecule has 4 heteroatoms. The van der Waals surface area contributed by atoms with Crippen LogP contribution >= 0.6 is 0 Å². The molecular formula is C22H24N2O2. The summed E-state index contributed by atoms with van der Waals surface area (Å²) in [6, 6.07) is 12.4. The Bertz CT molecular complexity index is 904. The molecule has 0 unspecified atom stereocenters. The highest BCUT2D eigenvalue weighted by Gasteiger charge is 2.26. The number of aromatic nitrogens is 1. The number of benzene rings is 1. The van der Waals surface area contributed by atoms with E-state index in [1.165, 1.54) is 5.56 Å². The number of H-pyrrole nitrogens is 1. The summed E-state index contributed by atoms with van der Waals surface area (Å²) < 4.78 is 0. The largest absolute Gasteiger partial charge is 0.350 e. The summed E-state index contributed by atoms with van der Waals surface area (Å²) in [5, 5.41) is 2.99. The maximum Gasteiger partial charge on any atom is 0.251 e. The van der Waals surface area contributed by atoms with Gasteiger partial charge < -0.3 is 10.3 Å². The number of nitrogens with one attached hydrogen (secondary N) is 2. The Kier molecular flexibility index (Phi) is 4.49. The molecule has 0 bridgehead atoms. The molecule has 0 radical (unpaired) electrons. The minimum absolute atomic E-state index is 0.00922. The van der Waals surface area contributed by atoms with E-state index in [4.69, 9.17) is 0 Å². The van der Waals surface area contributed by atoms with E-state index in [9.17, 15) is 9.59 Å². The molecule has 0 spiro atoms. The second-order valence-electron chi connectivity index (χ2n) is 7.27. The predicted octanol–water partition coefficient (Wildman–Crippen LogP) is 3.53. The van der Waals surface area contributed by atoms with Crippen LogP contribution in [0.3, 0.4) is 0 Å². The molecule has 2 heterocycles. The summed E-state index contributed by atoms with van der Waals surface area (Å²) >= 11 is 0. The van der Waals surface area contributed by atoms with E-state index in [0.29, 0.717) is 12.3 Å². The SMILES string of the molecule is CCc1ccc(C(=C[C@H]2CCC(=O)N2)c2ccc(C3CC3)c(=O)[nH]2)cc1. The molecule has 134 valence electrons. The third-order valence-corrected chi connectivity index (χ3v) is 5.32. The molecule has 1 saturated carbocycles. The fraction of sp³-hybridized carbons (Fsp3) is 0.364. The van der Waals surface area contributed by atoms with Crippen molar-refractivity contribution in [2.45, 2.75) is 51.0 Å². The van der Waals surface area contributed by atoms with E-state index in [1.807, 2.05) is 12.1 Å². The summed E-state index contributed by atoms with van der Waals surface area (Å²) in [5.74, 6) is 0.516. The van der Waals surface area contributed by atoms with Crippen LogP contribution in [0.15, 0.2) is 47.3 Å². The average Bonchev–Trinajstić information content (AvgIpc) is 3.41. The molecule has 1 aliphatic carbocycles. The van der Waals surface area contributed by atoms with Gasteiger partial charge in [0.15, 0.2) is 0 Å². The average molecular weight is 348 g/mol. The number of aromatic amines is 1. The third kappa shape index (κ3) is 3.50. The smallest absolute Gasteiger partial charge is 0.251 e. The molecule has 1 aliphatic heterocycles. The molecule has 26 heavy (non-hydrogen) atoms. The Balaban J connectivity index is 1.74. The van der Waals surface area contributed by atoms with Gasteiger partial charge >= 0.3 is 0 Å². The van der Waals surface area contributed by atoms with Crippen LogP contribution < -0.4 is 10.9 Å². The van der Waals surface area contributed by atoms with E-state index in [2.05, 4.69) is 47.6 Å². The van der Waals surface area contributed by atoms with Gasteiger partial charge in [0.2, 0.25) is 5.91 Å². The van der Waals surface area contributed by atoms with Gasteiger partial charge in [0, 0.05) is 29.3 Å². The predicted molar refractivity (Wildman–Crippen MR) is 103 cm³/mol. The van der Waals surface area contributed by atoms with Crippen molar-refractivity contribution >= 4 is 11.5 Å². The molecule has 2 aromatic rings. The molecule has 1 atom stereocenters. The van der Waals surface area contributed by atoms with E-state index >= 15 is 0 Å². The monoisotopic (exact) mass is 348 g/mol. The highest BCUT2D eigenvalue weighted by Crippen LogP contribution is 2.38. The van der Waals surface area contributed by atoms with Crippen LogP contribution in [0.5, 0.6) is 0 Å². The zero-order valence-electron chi connectivity index (χ0n) is 15.0. The summed E-state index contributed by atoms with van der Waals surface area (Å²) in [5.41, 5.74) is 5.02. The lowest BCUT2D eigenvalue weighted by Gasteiger charge is -2.13. The Morgan fingerprint density at radius 1 is 1.08 bits per heavy atom. The summed E-state index contributed by atoms with van der Waals surface area (Å²) in [6.07, 6.45) is 6.63. The number of carbonyl (C=O) groups excluding carboxylic acids is 1. The second kappa shape index (κ2) is 6.94. The van der Waals surface area contributed by atoms with Crippen molar-refractivity contribution in [2.24, 2.45) is 0 Å². The second-order valence-corrected chi connectivity index (χ2v) is 7.27. The van der Waals surface area contributed by atoms with E-state index < -0.39 is 0 Å². The highest BCUT2D eigenvalue weighted by molar-refractivity contribution is 5.82. The molecular weight excluding hydrogens is 324 g/mol. The minimum atomic E-state index is 0.00922. The van der Waals surface area contributed by atoms with Gasteiger partial charge in [0.1, 0.15) is 0 Å². The first kappa shape index (κ1) is 16.8. The van der Waals surface area contributed by atoms with Crippen LogP contribution in [0, 0.1) is 0 Å². The lowest BCUT2D eigenvalue weighted by molar-refractivity contribution is -0.119. The van der Waals surface area contributed by atoms with Crippen LogP contribution in [0.4, 0.5) is 0 Å². The van der Waals surface area contributed by atoms with Gasteiger partial charge in [0.25, 0.3) is 5.56 Å². The fourth-order valence-electron chi connectivity index (χ4n) is 3.58. The summed E-state index contributed by atoms with van der Waals surface area (Å²) in [4.78, 5) is 27.1.